The van der Waals surface area contributed by atoms with Gasteiger partial charge in [-0.25, -0.2) is 0 Å². The molecule has 0 fully saturated rings. The van der Waals surface area contributed by atoms with Crippen LogP contribution in [0.5, 0.6) is 0 Å². The Balaban J connectivity index is 0.00000208. The molecule has 1 aliphatic heterocycles. The van der Waals surface area contributed by atoms with Gasteiger partial charge in [-0.15, -0.1) is 17.6 Å². The number of alkyl halides is 3. The van der Waals surface area contributed by atoms with Gasteiger partial charge in [0, 0.05) is 17.1 Å². The van der Waals surface area contributed by atoms with Crippen molar-refractivity contribution in [2.75, 3.05) is 0 Å². The van der Waals surface area contributed by atoms with Gasteiger partial charge >= 0.3 is 6.18 Å². The molecule has 0 saturated heterocycles. The number of benzene rings is 1. The number of nitrogens with two attached hydrogens (primary N) is 1. The summed E-state index contributed by atoms with van der Waals surface area (Å²) in [6.07, 6.45) is -2.75. The second-order valence-corrected chi connectivity index (χ2v) is 6.41. The fourth-order valence-corrected chi connectivity index (χ4v) is 3.35. The first-order valence-corrected chi connectivity index (χ1v) is 7.53. The van der Waals surface area contributed by atoms with E-state index in [2.05, 4.69) is 11.6 Å². The number of rotatable bonds is 3. The first-order chi connectivity index (χ1) is 10.6. The molecule has 1 aromatic rings. The molecular weight excluding hydrogens is 380 g/mol. The van der Waals surface area contributed by atoms with Crippen LogP contribution in [0.4, 0.5) is 18.9 Å². The third kappa shape index (κ3) is 2.99. The van der Waals surface area contributed by atoms with Crippen molar-refractivity contribution in [1.29, 1.82) is 0 Å². The third-order valence-electron chi connectivity index (χ3n) is 4.02. The number of hydrogen-bond donors (Lipinski definition) is 1. The Labute approximate surface area is 154 Å². The second kappa shape index (κ2) is 6.17. The zero-order valence-corrected chi connectivity index (χ0v) is 14.9. The average Bonchev–Trinajstić information content (AvgIpc) is 3.17. The molecule has 1 atom stereocenters. The van der Waals surface area contributed by atoms with Crippen LogP contribution >= 0.6 is 11.6 Å². The van der Waals surface area contributed by atoms with Gasteiger partial charge < -0.3 is 5.73 Å². The fraction of sp³-hybridized carbons (Fsp3) is 0.294. The van der Waals surface area contributed by atoms with E-state index in [1.54, 1.807) is 6.08 Å². The van der Waals surface area contributed by atoms with Gasteiger partial charge in [0.2, 0.25) is 0 Å². The van der Waals surface area contributed by atoms with E-state index in [1.807, 2.05) is 13.8 Å². The summed E-state index contributed by atoms with van der Waals surface area (Å²) >= 11 is 5.80. The van der Waals surface area contributed by atoms with Crippen molar-refractivity contribution in [3.63, 3.8) is 0 Å². The molecule has 2 nitrogen and oxygen atoms in total. The number of aliphatic imine (C=N–C) groups is 1. The first-order valence-electron chi connectivity index (χ1n) is 7.15. The van der Waals surface area contributed by atoms with Gasteiger partial charge in [0.25, 0.3) is 0 Å². The number of halogens is 4. The second-order valence-electron chi connectivity index (χ2n) is 6.01. The van der Waals surface area contributed by atoms with Crippen LogP contribution in [0, 0.1) is 11.8 Å². The molecule has 2 aliphatic rings. The topological polar surface area (TPSA) is 38.4 Å². The number of hydrogen-bond acceptors (Lipinski definition) is 2. The summed E-state index contributed by atoms with van der Waals surface area (Å²) in [4.78, 5) is 4.44. The van der Waals surface area contributed by atoms with Gasteiger partial charge in [-0.3, -0.25) is 4.99 Å². The van der Waals surface area contributed by atoms with E-state index in [9.17, 15) is 13.2 Å². The van der Waals surface area contributed by atoms with Gasteiger partial charge in [-0.05, 0) is 29.3 Å². The molecular formula is C17H15ClF3MnN2-. The zero-order valence-electron chi connectivity index (χ0n) is 13.0. The van der Waals surface area contributed by atoms with Crippen LogP contribution in [0.3, 0.4) is 0 Å². The van der Waals surface area contributed by atoms with Gasteiger partial charge in [0.1, 0.15) is 0 Å². The molecule has 129 valence electrons. The minimum Gasteiger partial charge on any atom is -0.420 e. The van der Waals surface area contributed by atoms with E-state index in [0.29, 0.717) is 17.1 Å². The summed E-state index contributed by atoms with van der Waals surface area (Å²) in [6, 6.07) is 2.76. The smallest absolute Gasteiger partial charge is 0.418 e. The summed E-state index contributed by atoms with van der Waals surface area (Å²) in [5.74, 6) is 0.443. The maximum atomic E-state index is 13.3. The maximum Gasteiger partial charge on any atom is 0.418 e. The van der Waals surface area contributed by atoms with Crippen LogP contribution in [0.15, 0.2) is 41.1 Å². The van der Waals surface area contributed by atoms with Crippen LogP contribution in [0.1, 0.15) is 30.9 Å². The standard InChI is InChI=1S/C17H15ClF3N2.Mn/c1-7(2)13(8(3)22)16-10-6-9(10)14-12(23-16)5-4-11(18)15(14)17(19,20)21;/h4-7,9H,3,22H2,1-2H3;/q-1;. The van der Waals surface area contributed by atoms with Crippen LogP contribution in [0.2, 0.25) is 5.02 Å². The molecule has 7 heteroatoms. The summed E-state index contributed by atoms with van der Waals surface area (Å²) in [7, 11) is 0. The van der Waals surface area contributed by atoms with Gasteiger partial charge in [0.15, 0.2) is 0 Å². The Bertz CT molecular complexity index is 766. The Hall–Kier alpha value is -1.36. The summed E-state index contributed by atoms with van der Waals surface area (Å²) in [5, 5.41) is -0.300. The average molecular weight is 395 g/mol. The predicted molar refractivity (Wildman–Crippen MR) is 85.8 cm³/mol. The maximum absolute atomic E-state index is 13.3. The molecule has 0 saturated carbocycles. The summed E-state index contributed by atoms with van der Waals surface area (Å²) in [5.41, 5.74) is 7.27. The quantitative estimate of drug-likeness (QED) is 0.557. The van der Waals surface area contributed by atoms with Crippen molar-refractivity contribution in [3.05, 3.63) is 58.1 Å². The fourth-order valence-electron chi connectivity index (χ4n) is 3.08. The van der Waals surface area contributed by atoms with Crippen LogP contribution in [-0.4, -0.2) is 5.71 Å². The van der Waals surface area contributed by atoms with E-state index in [0.717, 1.165) is 11.5 Å². The molecule has 1 aliphatic carbocycles. The minimum absolute atomic E-state index is 0. The van der Waals surface area contributed by atoms with Crippen molar-refractivity contribution < 1.29 is 30.2 Å². The minimum atomic E-state index is -4.51. The normalized spacial score (nSPS) is 18.0. The van der Waals surface area contributed by atoms with E-state index in [-0.39, 0.29) is 33.6 Å². The van der Waals surface area contributed by atoms with Crippen molar-refractivity contribution >= 4 is 23.0 Å². The molecule has 1 unspecified atom stereocenters. The zero-order chi connectivity index (χ0) is 17.1. The number of allylic oxidation sites excluding steroid dienone is 3. The molecule has 1 aromatic carbocycles. The van der Waals surface area contributed by atoms with Crippen LogP contribution < -0.4 is 5.73 Å². The van der Waals surface area contributed by atoms with E-state index >= 15 is 0 Å². The van der Waals surface area contributed by atoms with Crippen molar-refractivity contribution in [1.82, 2.24) is 0 Å². The largest absolute Gasteiger partial charge is 0.420 e. The first kappa shape index (κ1) is 19.0. The molecule has 0 aromatic heterocycles. The predicted octanol–water partition coefficient (Wildman–Crippen LogP) is 5.17. The Morgan fingerprint density at radius 2 is 2.00 bits per heavy atom. The monoisotopic (exact) mass is 394 g/mol. The Kier molecular flexibility index (Phi) is 4.88. The summed E-state index contributed by atoms with van der Waals surface area (Å²) < 4.78 is 40.0. The van der Waals surface area contributed by atoms with Gasteiger partial charge in [0.05, 0.1) is 16.3 Å². The summed E-state index contributed by atoms with van der Waals surface area (Å²) in [6.45, 7) is 7.66. The van der Waals surface area contributed by atoms with Gasteiger partial charge in [-0.1, -0.05) is 37.1 Å². The third-order valence-corrected chi connectivity index (χ3v) is 4.34. The van der Waals surface area contributed by atoms with Gasteiger partial charge in [-0.2, -0.15) is 19.8 Å². The van der Waals surface area contributed by atoms with E-state index in [1.165, 1.54) is 12.1 Å². The Morgan fingerprint density at radius 3 is 2.50 bits per heavy atom. The Morgan fingerprint density at radius 1 is 1.38 bits per heavy atom. The van der Waals surface area contributed by atoms with Crippen molar-refractivity contribution in [2.45, 2.75) is 25.9 Å². The molecule has 1 radical (unpaired) electrons. The van der Waals surface area contributed by atoms with Crippen molar-refractivity contribution in [2.24, 2.45) is 16.6 Å². The molecule has 0 bridgehead atoms. The van der Waals surface area contributed by atoms with Crippen LogP contribution in [0.25, 0.3) is 0 Å². The number of nitrogens with zero attached hydrogens (tertiary/aromatic N) is 1. The molecule has 0 amide bonds. The SMILES string of the molecule is C=C(N)[C-](C1=Nc2ccc(Cl)c(C(F)(F)F)c2C2C=C12)C(C)C.[Mn]. The van der Waals surface area contributed by atoms with Crippen molar-refractivity contribution in [3.8, 4) is 0 Å². The molecule has 1 heterocycles. The van der Waals surface area contributed by atoms with Crippen LogP contribution in [-0.2, 0) is 23.2 Å². The molecule has 2 N–H and O–H groups in total. The molecule has 24 heavy (non-hydrogen) atoms. The van der Waals surface area contributed by atoms with E-state index in [4.69, 9.17) is 17.3 Å². The van der Waals surface area contributed by atoms with E-state index < -0.39 is 17.7 Å². The molecule has 0 spiro atoms. The number of fused-ring (bicyclic) bond motifs is 3. The molecule has 3 rings (SSSR count).